The van der Waals surface area contributed by atoms with E-state index in [1.807, 2.05) is 4.90 Å². The van der Waals surface area contributed by atoms with E-state index in [0.29, 0.717) is 25.9 Å². The molecule has 2 fully saturated rings. The number of piperidine rings is 1. The second kappa shape index (κ2) is 5.88. The van der Waals surface area contributed by atoms with Gasteiger partial charge in [-0.3, -0.25) is 4.79 Å². The Morgan fingerprint density at radius 1 is 1.26 bits per heavy atom. The van der Waals surface area contributed by atoms with Crippen LogP contribution < -0.4 is 5.73 Å². The van der Waals surface area contributed by atoms with Crippen molar-refractivity contribution in [3.8, 4) is 0 Å². The minimum Gasteiger partial charge on any atom is -0.480 e. The molecule has 1 saturated carbocycles. The molecule has 0 aromatic heterocycles. The van der Waals surface area contributed by atoms with Crippen LogP contribution in [0.25, 0.3) is 0 Å². The average molecular weight is 270 g/mol. The molecule has 0 unspecified atom stereocenters. The number of carboxylic acids is 1. The molecule has 0 atom stereocenters. The minimum absolute atomic E-state index is 0.0571. The van der Waals surface area contributed by atoms with Gasteiger partial charge in [0, 0.05) is 13.1 Å². The highest BCUT2D eigenvalue weighted by Crippen LogP contribution is 2.30. The quantitative estimate of drug-likeness (QED) is 0.769. The van der Waals surface area contributed by atoms with Gasteiger partial charge in [0.2, 0.25) is 5.91 Å². The van der Waals surface area contributed by atoms with E-state index in [1.165, 1.54) is 0 Å². The molecule has 1 aliphatic heterocycles. The van der Waals surface area contributed by atoms with Crippen molar-refractivity contribution in [3.63, 3.8) is 0 Å². The van der Waals surface area contributed by atoms with Crippen LogP contribution in [0.4, 0.5) is 0 Å². The number of amides is 1. The van der Waals surface area contributed by atoms with Gasteiger partial charge in [0.25, 0.3) is 0 Å². The zero-order valence-corrected chi connectivity index (χ0v) is 11.1. The number of aliphatic carboxylic acids is 1. The molecule has 0 aromatic rings. The number of carbonyl (C=O) groups is 2. The van der Waals surface area contributed by atoms with Crippen molar-refractivity contribution < 1.29 is 19.4 Å². The Kier molecular flexibility index (Phi) is 4.42. The Balaban J connectivity index is 1.79. The first kappa shape index (κ1) is 14.3. The van der Waals surface area contributed by atoms with Crippen LogP contribution in [0.15, 0.2) is 0 Å². The van der Waals surface area contributed by atoms with Gasteiger partial charge in [0.1, 0.15) is 6.61 Å². The number of hydrogen-bond acceptors (Lipinski definition) is 4. The molecule has 1 heterocycles. The van der Waals surface area contributed by atoms with Gasteiger partial charge < -0.3 is 20.5 Å². The Morgan fingerprint density at radius 3 is 2.37 bits per heavy atom. The van der Waals surface area contributed by atoms with Gasteiger partial charge in [-0.2, -0.15) is 0 Å². The van der Waals surface area contributed by atoms with Crippen molar-refractivity contribution in [2.75, 3.05) is 19.7 Å². The summed E-state index contributed by atoms with van der Waals surface area (Å²) in [6.45, 7) is 0.962. The molecule has 19 heavy (non-hydrogen) atoms. The van der Waals surface area contributed by atoms with Gasteiger partial charge in [0.05, 0.1) is 11.6 Å². The third-order valence-electron chi connectivity index (χ3n) is 4.09. The summed E-state index contributed by atoms with van der Waals surface area (Å²) < 4.78 is 5.25. The molecule has 0 aromatic carbocycles. The van der Waals surface area contributed by atoms with E-state index in [-0.39, 0.29) is 18.6 Å². The number of likely N-dealkylation sites (tertiary alicyclic amines) is 1. The molecule has 2 aliphatic rings. The van der Waals surface area contributed by atoms with Crippen LogP contribution in [0.5, 0.6) is 0 Å². The lowest BCUT2D eigenvalue weighted by molar-refractivity contribution is -0.147. The monoisotopic (exact) mass is 270 g/mol. The van der Waals surface area contributed by atoms with E-state index in [2.05, 4.69) is 0 Å². The lowest BCUT2D eigenvalue weighted by Gasteiger charge is -2.36. The second-order valence-corrected chi connectivity index (χ2v) is 5.56. The third kappa shape index (κ3) is 3.45. The predicted molar refractivity (Wildman–Crippen MR) is 68.6 cm³/mol. The Morgan fingerprint density at radius 2 is 1.84 bits per heavy atom. The molecular formula is C13H22N2O4. The number of nitrogens with zero attached hydrogens (tertiary/aromatic N) is 1. The number of carboxylic acid groups (broad SMARTS) is 1. The first-order valence-corrected chi connectivity index (χ1v) is 6.93. The maximum absolute atomic E-state index is 12.4. The zero-order valence-electron chi connectivity index (χ0n) is 11.1. The van der Waals surface area contributed by atoms with Gasteiger partial charge in [-0.15, -0.1) is 0 Å². The molecular weight excluding hydrogens is 248 g/mol. The molecule has 2 rings (SSSR count). The SMILES string of the molecule is NC1(C(=O)N2CCC(OCC(=O)O)CC2)CCCC1. The van der Waals surface area contributed by atoms with E-state index in [1.54, 1.807) is 0 Å². The van der Waals surface area contributed by atoms with Crippen molar-refractivity contribution in [1.82, 2.24) is 4.90 Å². The van der Waals surface area contributed by atoms with Crippen LogP contribution in [0.1, 0.15) is 38.5 Å². The predicted octanol–water partition coefficient (Wildman–Crippen LogP) is 0.350. The molecule has 0 bridgehead atoms. The van der Waals surface area contributed by atoms with Crippen LogP contribution in [0.3, 0.4) is 0 Å². The van der Waals surface area contributed by atoms with Gasteiger partial charge in [0.15, 0.2) is 0 Å². The minimum atomic E-state index is -0.953. The van der Waals surface area contributed by atoms with Gasteiger partial charge in [-0.05, 0) is 25.7 Å². The first-order chi connectivity index (χ1) is 9.01. The fourth-order valence-electron chi connectivity index (χ4n) is 2.95. The van der Waals surface area contributed by atoms with Crippen molar-refractivity contribution >= 4 is 11.9 Å². The Hall–Kier alpha value is -1.14. The van der Waals surface area contributed by atoms with Crippen molar-refractivity contribution in [3.05, 3.63) is 0 Å². The van der Waals surface area contributed by atoms with Gasteiger partial charge in [-0.25, -0.2) is 4.79 Å². The van der Waals surface area contributed by atoms with Crippen LogP contribution in [0.2, 0.25) is 0 Å². The number of ether oxygens (including phenoxy) is 1. The summed E-state index contributed by atoms with van der Waals surface area (Å²) in [6.07, 6.45) is 4.94. The van der Waals surface area contributed by atoms with Gasteiger partial charge in [-0.1, -0.05) is 12.8 Å². The Labute approximate surface area is 112 Å². The average Bonchev–Trinajstić information content (AvgIpc) is 2.84. The summed E-state index contributed by atoms with van der Waals surface area (Å²) in [6, 6.07) is 0. The Bertz CT molecular complexity index is 345. The van der Waals surface area contributed by atoms with Crippen molar-refractivity contribution in [2.24, 2.45) is 5.73 Å². The van der Waals surface area contributed by atoms with E-state index >= 15 is 0 Å². The number of rotatable bonds is 4. The molecule has 0 radical (unpaired) electrons. The largest absolute Gasteiger partial charge is 0.480 e. The highest BCUT2D eigenvalue weighted by atomic mass is 16.5. The third-order valence-corrected chi connectivity index (χ3v) is 4.09. The molecule has 6 nitrogen and oxygen atoms in total. The smallest absolute Gasteiger partial charge is 0.329 e. The fourth-order valence-corrected chi connectivity index (χ4v) is 2.95. The number of hydrogen-bond donors (Lipinski definition) is 2. The molecule has 6 heteroatoms. The van der Waals surface area contributed by atoms with Crippen LogP contribution in [-0.4, -0.2) is 53.2 Å². The topological polar surface area (TPSA) is 92.9 Å². The number of carbonyl (C=O) groups excluding carboxylic acids is 1. The fraction of sp³-hybridized carbons (Fsp3) is 0.846. The molecule has 1 amide bonds. The molecule has 108 valence electrons. The van der Waals surface area contributed by atoms with Crippen LogP contribution in [-0.2, 0) is 14.3 Å². The lowest BCUT2D eigenvalue weighted by Crippen LogP contribution is -2.55. The maximum atomic E-state index is 12.4. The number of nitrogens with two attached hydrogens (primary N) is 1. The molecule has 1 saturated heterocycles. The van der Waals surface area contributed by atoms with Crippen LogP contribution >= 0.6 is 0 Å². The highest BCUT2D eigenvalue weighted by Gasteiger charge is 2.40. The normalized spacial score (nSPS) is 23.5. The highest BCUT2D eigenvalue weighted by molar-refractivity contribution is 5.86. The summed E-state index contributed by atoms with van der Waals surface area (Å²) in [5.74, 6) is -0.896. The van der Waals surface area contributed by atoms with Gasteiger partial charge >= 0.3 is 5.97 Å². The van der Waals surface area contributed by atoms with E-state index in [9.17, 15) is 9.59 Å². The summed E-state index contributed by atoms with van der Waals surface area (Å²) >= 11 is 0. The van der Waals surface area contributed by atoms with E-state index < -0.39 is 11.5 Å². The summed E-state index contributed by atoms with van der Waals surface area (Å²) in [5, 5.41) is 8.56. The first-order valence-electron chi connectivity index (χ1n) is 6.93. The molecule has 3 N–H and O–H groups in total. The maximum Gasteiger partial charge on any atom is 0.329 e. The lowest BCUT2D eigenvalue weighted by atomic mass is 9.95. The van der Waals surface area contributed by atoms with Crippen molar-refractivity contribution in [2.45, 2.75) is 50.2 Å². The summed E-state index contributed by atoms with van der Waals surface area (Å²) in [4.78, 5) is 24.6. The van der Waals surface area contributed by atoms with Crippen LogP contribution in [0, 0.1) is 0 Å². The summed E-state index contributed by atoms with van der Waals surface area (Å²) in [7, 11) is 0. The molecule has 1 aliphatic carbocycles. The zero-order chi connectivity index (χ0) is 13.9. The molecule has 0 spiro atoms. The second-order valence-electron chi connectivity index (χ2n) is 5.56. The summed E-state index contributed by atoms with van der Waals surface area (Å²) in [5.41, 5.74) is 5.51. The van der Waals surface area contributed by atoms with Crippen molar-refractivity contribution in [1.29, 1.82) is 0 Å². The standard InChI is InChI=1S/C13H22N2O4/c14-13(5-1-2-6-13)12(18)15-7-3-10(4-8-15)19-9-11(16)17/h10H,1-9,14H2,(H,16,17). The van der Waals surface area contributed by atoms with E-state index in [0.717, 1.165) is 25.7 Å². The van der Waals surface area contributed by atoms with E-state index in [4.69, 9.17) is 15.6 Å².